The fraction of sp³-hybridized carbons (Fsp3) is 0.143. The zero-order valence-electron chi connectivity index (χ0n) is 16.8. The third-order valence-electron chi connectivity index (χ3n) is 4.26. The van der Waals surface area contributed by atoms with Crippen LogP contribution in [0.1, 0.15) is 16.7 Å². The Balaban J connectivity index is 1.74. The van der Waals surface area contributed by atoms with E-state index in [-0.39, 0.29) is 23.6 Å². The summed E-state index contributed by atoms with van der Waals surface area (Å²) in [6.45, 7) is -0.299. The Bertz CT molecular complexity index is 1340. The molecule has 3 aromatic rings. The van der Waals surface area contributed by atoms with Crippen LogP contribution in [0.2, 0.25) is 0 Å². The molecule has 0 aliphatic rings. The first kappa shape index (κ1) is 24.4. The minimum absolute atomic E-state index is 0.156. The van der Waals surface area contributed by atoms with Gasteiger partial charge in [-0.15, -0.1) is 0 Å². The fourth-order valence-corrected chi connectivity index (χ4v) is 4.57. The maximum atomic E-state index is 12.7. The predicted octanol–water partition coefficient (Wildman–Crippen LogP) is 4.96. The van der Waals surface area contributed by atoms with Crippen molar-refractivity contribution >= 4 is 20.1 Å². The summed E-state index contributed by atoms with van der Waals surface area (Å²) in [5, 5.41) is 3.65. The van der Waals surface area contributed by atoms with E-state index < -0.39 is 36.8 Å². The lowest BCUT2D eigenvalue weighted by molar-refractivity contribution is -0.137. The lowest BCUT2D eigenvalue weighted by Crippen LogP contribution is -2.12. The monoisotopic (exact) mass is 498 g/mol. The van der Waals surface area contributed by atoms with Gasteiger partial charge in [0.2, 0.25) is 0 Å². The van der Waals surface area contributed by atoms with Crippen molar-refractivity contribution < 1.29 is 34.2 Å². The Labute approximate surface area is 188 Å². The predicted molar refractivity (Wildman–Crippen MR) is 113 cm³/mol. The molecule has 0 saturated heterocycles. The van der Waals surface area contributed by atoms with Crippen LogP contribution in [0.15, 0.2) is 93.4 Å². The highest BCUT2D eigenvalue weighted by molar-refractivity contribution is 7.89. The van der Waals surface area contributed by atoms with Gasteiger partial charge in [-0.1, -0.05) is 53.1 Å². The van der Waals surface area contributed by atoms with Crippen LogP contribution in [0.5, 0.6) is 5.75 Å². The molecule has 0 fully saturated rings. The molecule has 0 N–H and O–H groups in total. The highest BCUT2D eigenvalue weighted by Crippen LogP contribution is 2.30. The van der Waals surface area contributed by atoms with Gasteiger partial charge < -0.3 is 4.18 Å². The summed E-state index contributed by atoms with van der Waals surface area (Å²) in [7, 11) is -8.35. The molecule has 3 rings (SSSR count). The van der Waals surface area contributed by atoms with Crippen molar-refractivity contribution in [2.24, 2.45) is 9.63 Å². The summed E-state index contributed by atoms with van der Waals surface area (Å²) in [6.07, 6.45) is -4.61. The van der Waals surface area contributed by atoms with Crippen molar-refractivity contribution in [1.29, 1.82) is 0 Å². The van der Waals surface area contributed by atoms with Gasteiger partial charge >= 0.3 is 16.3 Å². The van der Waals surface area contributed by atoms with E-state index in [1.54, 1.807) is 36.4 Å². The van der Waals surface area contributed by atoms with Gasteiger partial charge in [0.25, 0.3) is 10.0 Å². The summed E-state index contributed by atoms with van der Waals surface area (Å²) >= 11 is 0. The van der Waals surface area contributed by atoms with E-state index in [0.717, 1.165) is 12.1 Å². The Morgan fingerprint density at radius 1 is 0.788 bits per heavy atom. The number of halogens is 3. The molecule has 3 aromatic carbocycles. The molecule has 0 atom stereocenters. The average Bonchev–Trinajstić information content (AvgIpc) is 2.74. The fourth-order valence-electron chi connectivity index (χ4n) is 2.70. The van der Waals surface area contributed by atoms with Gasteiger partial charge in [0.15, 0.2) is 0 Å². The first-order chi connectivity index (χ1) is 15.5. The molecule has 0 bridgehead atoms. The molecular formula is C21H17F3N2O5S2. The smallest absolute Gasteiger partial charge is 0.379 e. The SMILES string of the molecule is O=S(=O)(Cc1ccccc1)N=NCc1ccccc1OS(=O)(=O)c1ccc(C(F)(F)F)cc1. The van der Waals surface area contributed by atoms with Gasteiger partial charge in [-0.3, -0.25) is 0 Å². The van der Waals surface area contributed by atoms with Gasteiger partial charge in [0, 0.05) is 5.56 Å². The Morgan fingerprint density at radius 2 is 1.39 bits per heavy atom. The van der Waals surface area contributed by atoms with Gasteiger partial charge in [0.05, 0.1) is 17.9 Å². The van der Waals surface area contributed by atoms with E-state index in [4.69, 9.17) is 4.18 Å². The highest BCUT2D eigenvalue weighted by Gasteiger charge is 2.31. The molecule has 12 heteroatoms. The minimum Gasteiger partial charge on any atom is -0.379 e. The largest absolute Gasteiger partial charge is 0.416 e. The molecule has 0 aliphatic heterocycles. The van der Waals surface area contributed by atoms with Crippen molar-refractivity contribution in [2.75, 3.05) is 0 Å². The molecule has 0 aliphatic carbocycles. The zero-order valence-corrected chi connectivity index (χ0v) is 18.4. The summed E-state index contributed by atoms with van der Waals surface area (Å²) in [5.74, 6) is -0.505. The maximum Gasteiger partial charge on any atom is 0.416 e. The average molecular weight is 499 g/mol. The summed E-state index contributed by atoms with van der Waals surface area (Å²) < 4.78 is 95.7. The van der Waals surface area contributed by atoms with E-state index >= 15 is 0 Å². The number of hydrogen-bond donors (Lipinski definition) is 0. The zero-order chi connectivity index (χ0) is 24.1. The van der Waals surface area contributed by atoms with Gasteiger partial charge in [-0.2, -0.15) is 26.7 Å². The van der Waals surface area contributed by atoms with Crippen LogP contribution in [0.25, 0.3) is 0 Å². The van der Waals surface area contributed by atoms with Crippen LogP contribution in [0.3, 0.4) is 0 Å². The quantitative estimate of drug-likeness (QED) is 0.323. The molecule has 0 amide bonds. The van der Waals surface area contributed by atoms with Crippen molar-refractivity contribution in [2.45, 2.75) is 23.4 Å². The molecule has 0 unspecified atom stereocenters. The number of benzene rings is 3. The lowest BCUT2D eigenvalue weighted by Gasteiger charge is -2.11. The van der Waals surface area contributed by atoms with Gasteiger partial charge in [-0.05, 0) is 35.9 Å². The second-order valence-corrected chi connectivity index (χ2v) is 9.92. The lowest BCUT2D eigenvalue weighted by atomic mass is 10.2. The first-order valence-electron chi connectivity index (χ1n) is 9.31. The minimum atomic E-state index is -4.61. The van der Waals surface area contributed by atoms with Gasteiger partial charge in [-0.25, -0.2) is 8.42 Å². The Hall–Kier alpha value is -3.25. The van der Waals surface area contributed by atoms with Crippen LogP contribution in [-0.2, 0) is 38.6 Å². The summed E-state index contributed by atoms with van der Waals surface area (Å²) in [4.78, 5) is -0.475. The second-order valence-electron chi connectivity index (χ2n) is 6.76. The van der Waals surface area contributed by atoms with Crippen molar-refractivity contribution in [3.05, 3.63) is 95.6 Å². The van der Waals surface area contributed by atoms with Crippen molar-refractivity contribution in [3.8, 4) is 5.75 Å². The summed E-state index contributed by atoms with van der Waals surface area (Å²) in [5.41, 5.74) is -0.256. The van der Waals surface area contributed by atoms with E-state index in [1.807, 2.05) is 0 Å². The van der Waals surface area contributed by atoms with Crippen LogP contribution < -0.4 is 4.18 Å². The molecular weight excluding hydrogens is 481 g/mol. The number of rotatable bonds is 8. The molecule has 0 spiro atoms. The molecule has 0 radical (unpaired) electrons. The maximum absolute atomic E-state index is 12.7. The molecule has 0 saturated carbocycles. The number of sulfonamides is 1. The standard InChI is InChI=1S/C21H17F3N2O5S2/c22-21(23,24)18-10-12-19(13-11-18)33(29,30)31-20-9-5-4-8-17(20)14-25-26-32(27,28)15-16-6-2-1-3-7-16/h1-13H,14-15H2. The van der Waals surface area contributed by atoms with E-state index in [2.05, 4.69) is 9.63 Å². The van der Waals surface area contributed by atoms with Crippen molar-refractivity contribution in [3.63, 3.8) is 0 Å². The van der Waals surface area contributed by atoms with Crippen molar-refractivity contribution in [1.82, 2.24) is 0 Å². The van der Waals surface area contributed by atoms with Crippen LogP contribution in [0.4, 0.5) is 13.2 Å². The Morgan fingerprint density at radius 3 is 2.03 bits per heavy atom. The van der Waals surface area contributed by atoms with E-state index in [1.165, 1.54) is 18.2 Å². The van der Waals surface area contributed by atoms with E-state index in [9.17, 15) is 30.0 Å². The van der Waals surface area contributed by atoms with E-state index in [0.29, 0.717) is 17.7 Å². The van der Waals surface area contributed by atoms with Crippen LogP contribution >= 0.6 is 0 Å². The highest BCUT2D eigenvalue weighted by atomic mass is 32.2. The third kappa shape index (κ3) is 6.86. The number of hydrogen-bond acceptors (Lipinski definition) is 6. The van der Waals surface area contributed by atoms with Crippen LogP contribution in [-0.4, -0.2) is 16.8 Å². The molecule has 7 nitrogen and oxygen atoms in total. The molecule has 0 heterocycles. The molecule has 174 valence electrons. The Kier molecular flexibility index (Phi) is 7.18. The first-order valence-corrected chi connectivity index (χ1v) is 12.3. The normalized spacial score (nSPS) is 12.7. The molecule has 0 aromatic heterocycles. The number of para-hydroxylation sites is 1. The topological polar surface area (TPSA) is 102 Å². The number of nitrogens with zero attached hydrogens (tertiary/aromatic N) is 2. The van der Waals surface area contributed by atoms with Gasteiger partial charge in [0.1, 0.15) is 10.6 Å². The summed E-state index contributed by atoms with van der Waals surface area (Å²) in [6, 6.07) is 17.0. The molecule has 33 heavy (non-hydrogen) atoms. The third-order valence-corrected chi connectivity index (χ3v) is 6.57. The second kappa shape index (κ2) is 9.71. The number of alkyl halides is 3. The van der Waals surface area contributed by atoms with Crippen LogP contribution in [0, 0.1) is 0 Å².